The number of aromatic nitrogens is 1. The maximum atomic E-state index is 13.9. The molecule has 152 valence electrons. The van der Waals surface area contributed by atoms with Crippen LogP contribution in [0.15, 0.2) is 29.6 Å². The molecule has 28 heavy (non-hydrogen) atoms. The normalized spacial score (nSPS) is 21.8. The van der Waals surface area contributed by atoms with E-state index in [1.165, 1.54) is 6.07 Å². The maximum absolute atomic E-state index is 13.9. The average Bonchev–Trinajstić information content (AvgIpc) is 3.17. The van der Waals surface area contributed by atoms with Gasteiger partial charge in [0.2, 0.25) is 0 Å². The van der Waals surface area contributed by atoms with Crippen molar-refractivity contribution in [2.75, 3.05) is 46.3 Å². The van der Waals surface area contributed by atoms with Gasteiger partial charge in [-0.15, -0.1) is 11.3 Å². The van der Waals surface area contributed by atoms with Crippen LogP contribution in [0, 0.1) is 5.82 Å². The zero-order chi connectivity index (χ0) is 19.6. The van der Waals surface area contributed by atoms with Gasteiger partial charge in [0.25, 0.3) is 0 Å². The molecule has 0 bridgehead atoms. The topological polar surface area (TPSA) is 42.8 Å². The number of piperidine rings is 1. The number of nitrogens with zero attached hydrogens (tertiary/aromatic N) is 4. The van der Waals surface area contributed by atoms with Gasteiger partial charge in [-0.05, 0) is 26.0 Å². The number of halogens is 1. The molecule has 1 aromatic heterocycles. The van der Waals surface area contributed by atoms with Gasteiger partial charge < -0.3 is 10.0 Å². The Labute approximate surface area is 170 Å². The summed E-state index contributed by atoms with van der Waals surface area (Å²) in [6, 6.07) is 6.93. The van der Waals surface area contributed by atoms with Crippen molar-refractivity contribution in [3.8, 4) is 0 Å². The summed E-state index contributed by atoms with van der Waals surface area (Å²) in [5.41, 5.74) is 0.672. The van der Waals surface area contributed by atoms with Crippen LogP contribution in [0.1, 0.15) is 29.1 Å². The monoisotopic (exact) mass is 404 g/mol. The van der Waals surface area contributed by atoms with Crippen molar-refractivity contribution in [2.24, 2.45) is 0 Å². The van der Waals surface area contributed by atoms with Crippen LogP contribution in [0.4, 0.5) is 4.39 Å². The molecule has 2 aliphatic rings. The van der Waals surface area contributed by atoms with Gasteiger partial charge in [-0.2, -0.15) is 0 Å². The molecule has 0 aliphatic carbocycles. The molecular weight excluding hydrogens is 375 g/mol. The van der Waals surface area contributed by atoms with Gasteiger partial charge >= 0.3 is 0 Å². The summed E-state index contributed by atoms with van der Waals surface area (Å²) in [5, 5.41) is 14.3. The molecular formula is C21H29FN4OS. The van der Waals surface area contributed by atoms with Crippen LogP contribution < -0.4 is 0 Å². The zero-order valence-electron chi connectivity index (χ0n) is 16.5. The second-order valence-electron chi connectivity index (χ2n) is 8.11. The Bertz CT molecular complexity index is 782. The Morgan fingerprint density at radius 3 is 2.43 bits per heavy atom. The van der Waals surface area contributed by atoms with Gasteiger partial charge in [0.15, 0.2) is 0 Å². The fraction of sp³-hybridized carbons (Fsp3) is 0.571. The van der Waals surface area contributed by atoms with Crippen molar-refractivity contribution >= 4 is 11.3 Å². The van der Waals surface area contributed by atoms with E-state index < -0.39 is 5.60 Å². The van der Waals surface area contributed by atoms with E-state index in [2.05, 4.69) is 21.7 Å². The number of piperazine rings is 1. The largest absolute Gasteiger partial charge is 0.383 e. The van der Waals surface area contributed by atoms with Gasteiger partial charge in [0.05, 0.1) is 12.2 Å². The Kier molecular flexibility index (Phi) is 6.08. The van der Waals surface area contributed by atoms with Crippen molar-refractivity contribution in [3.05, 3.63) is 51.7 Å². The maximum Gasteiger partial charge on any atom is 0.127 e. The number of likely N-dealkylation sites (tertiary alicyclic amines) is 1. The molecule has 5 nitrogen and oxygen atoms in total. The highest BCUT2D eigenvalue weighted by molar-refractivity contribution is 7.09. The lowest BCUT2D eigenvalue weighted by molar-refractivity contribution is -0.0309. The van der Waals surface area contributed by atoms with Crippen molar-refractivity contribution in [2.45, 2.75) is 31.5 Å². The number of hydrogen-bond acceptors (Lipinski definition) is 6. The van der Waals surface area contributed by atoms with Crippen LogP contribution in [0.2, 0.25) is 0 Å². The highest BCUT2D eigenvalue weighted by Gasteiger charge is 2.36. The number of benzene rings is 1. The minimum atomic E-state index is -0.859. The predicted molar refractivity (Wildman–Crippen MR) is 110 cm³/mol. The molecule has 0 amide bonds. The Morgan fingerprint density at radius 2 is 1.71 bits per heavy atom. The summed E-state index contributed by atoms with van der Waals surface area (Å²) in [4.78, 5) is 11.8. The Balaban J connectivity index is 1.33. The van der Waals surface area contributed by atoms with Gasteiger partial charge in [0, 0.05) is 56.8 Å². The van der Waals surface area contributed by atoms with Crippen molar-refractivity contribution in [1.82, 2.24) is 19.7 Å². The molecule has 2 aromatic rings. The van der Waals surface area contributed by atoms with Gasteiger partial charge in [-0.25, -0.2) is 9.37 Å². The van der Waals surface area contributed by atoms with Crippen molar-refractivity contribution < 1.29 is 9.50 Å². The average molecular weight is 405 g/mol. The molecule has 4 rings (SSSR count). The van der Waals surface area contributed by atoms with Crippen molar-refractivity contribution in [3.63, 3.8) is 0 Å². The van der Waals surface area contributed by atoms with Crippen LogP contribution in [0.25, 0.3) is 0 Å². The third-order valence-electron chi connectivity index (χ3n) is 6.02. The third kappa shape index (κ3) is 4.60. The Morgan fingerprint density at radius 1 is 1.04 bits per heavy atom. The SMILES string of the molecule is CN1CCN(Cc2nc(C3(O)CCN(Cc4ccccc4F)CC3)cs2)CC1. The van der Waals surface area contributed by atoms with Crippen LogP contribution in [-0.2, 0) is 18.7 Å². The first-order chi connectivity index (χ1) is 13.5. The second-order valence-corrected chi connectivity index (χ2v) is 9.05. The molecule has 2 saturated heterocycles. The lowest BCUT2D eigenvalue weighted by Crippen LogP contribution is -2.44. The Hall–Kier alpha value is -1.38. The number of aliphatic hydroxyl groups is 1. The van der Waals surface area contributed by atoms with Gasteiger partial charge in [-0.3, -0.25) is 9.80 Å². The minimum Gasteiger partial charge on any atom is -0.383 e. The molecule has 2 fully saturated rings. The van der Waals surface area contributed by atoms with E-state index in [9.17, 15) is 9.50 Å². The molecule has 0 spiro atoms. The second kappa shape index (κ2) is 8.55. The first-order valence-corrected chi connectivity index (χ1v) is 10.9. The fourth-order valence-corrected chi connectivity index (χ4v) is 4.93. The molecule has 0 saturated carbocycles. The van der Waals surface area contributed by atoms with E-state index in [1.54, 1.807) is 17.4 Å². The lowest BCUT2D eigenvalue weighted by atomic mass is 9.88. The molecule has 3 heterocycles. The number of rotatable bonds is 5. The first-order valence-electron chi connectivity index (χ1n) is 10.1. The van der Waals surface area contributed by atoms with Crippen LogP contribution >= 0.6 is 11.3 Å². The molecule has 2 aliphatic heterocycles. The van der Waals surface area contributed by atoms with E-state index in [4.69, 9.17) is 4.98 Å². The van der Waals surface area contributed by atoms with Crippen LogP contribution in [-0.4, -0.2) is 71.1 Å². The smallest absolute Gasteiger partial charge is 0.127 e. The van der Waals surface area contributed by atoms with E-state index >= 15 is 0 Å². The van der Waals surface area contributed by atoms with E-state index in [0.717, 1.165) is 62.1 Å². The highest BCUT2D eigenvalue weighted by atomic mass is 32.1. The first kappa shape index (κ1) is 19.9. The summed E-state index contributed by atoms with van der Waals surface area (Å²) in [6.45, 7) is 7.29. The molecule has 1 aromatic carbocycles. The fourth-order valence-electron chi connectivity index (χ4n) is 4.00. The standard InChI is InChI=1S/C21H29FN4OS/c1-24-10-12-26(13-11-24)15-20-23-19(16-28-20)21(27)6-8-25(9-7-21)14-17-4-2-3-5-18(17)22/h2-5,16,27H,6-15H2,1H3. The highest BCUT2D eigenvalue weighted by Crippen LogP contribution is 2.34. The molecule has 0 atom stereocenters. The molecule has 1 N–H and O–H groups in total. The molecule has 0 radical (unpaired) electrons. The molecule has 0 unspecified atom stereocenters. The van der Waals surface area contributed by atoms with Gasteiger partial charge in [0.1, 0.15) is 16.4 Å². The van der Waals surface area contributed by atoms with E-state index in [0.29, 0.717) is 19.4 Å². The number of thiazole rings is 1. The van der Waals surface area contributed by atoms with Gasteiger partial charge in [-0.1, -0.05) is 18.2 Å². The summed E-state index contributed by atoms with van der Waals surface area (Å²) >= 11 is 1.65. The summed E-state index contributed by atoms with van der Waals surface area (Å²) < 4.78 is 13.9. The quantitative estimate of drug-likeness (QED) is 0.830. The number of likely N-dealkylation sites (N-methyl/N-ethyl adjacent to an activating group) is 1. The number of hydrogen-bond donors (Lipinski definition) is 1. The van der Waals surface area contributed by atoms with E-state index in [-0.39, 0.29) is 5.82 Å². The summed E-state index contributed by atoms with van der Waals surface area (Å²) in [6.07, 6.45) is 1.28. The van der Waals surface area contributed by atoms with Crippen LogP contribution in [0.5, 0.6) is 0 Å². The zero-order valence-corrected chi connectivity index (χ0v) is 17.3. The predicted octanol–water partition coefficient (Wildman–Crippen LogP) is 2.51. The third-order valence-corrected chi connectivity index (χ3v) is 6.85. The van der Waals surface area contributed by atoms with Crippen molar-refractivity contribution in [1.29, 1.82) is 0 Å². The minimum absolute atomic E-state index is 0.156. The lowest BCUT2D eigenvalue weighted by Gasteiger charge is -2.37. The van der Waals surface area contributed by atoms with Crippen LogP contribution in [0.3, 0.4) is 0 Å². The van der Waals surface area contributed by atoms with E-state index in [1.807, 2.05) is 17.5 Å². The summed E-state index contributed by atoms with van der Waals surface area (Å²) in [7, 11) is 2.16. The summed E-state index contributed by atoms with van der Waals surface area (Å²) in [5.74, 6) is -0.156. The molecule has 7 heteroatoms.